The number of hydrogen-bond acceptors (Lipinski definition) is 3. The molecule has 0 fully saturated rings. The number of fused-ring (bicyclic) bond motifs is 1. The third-order valence-corrected chi connectivity index (χ3v) is 3.19. The van der Waals surface area contributed by atoms with Gasteiger partial charge in [-0.15, -0.1) is 11.6 Å². The van der Waals surface area contributed by atoms with Crippen LogP contribution >= 0.6 is 11.6 Å². The van der Waals surface area contributed by atoms with Crippen LogP contribution in [0.1, 0.15) is 11.1 Å². The Labute approximate surface area is 100 Å². The lowest BCUT2D eigenvalue weighted by Gasteiger charge is -2.11. The summed E-state index contributed by atoms with van der Waals surface area (Å²) in [7, 11) is 0. The molecule has 4 heteroatoms. The molecule has 0 saturated carbocycles. The van der Waals surface area contributed by atoms with Crippen molar-refractivity contribution in [2.45, 2.75) is 25.0 Å². The van der Waals surface area contributed by atoms with Crippen molar-refractivity contribution in [1.29, 1.82) is 0 Å². The SMILES string of the molecule is OC(CCl)CNc1ccc2c(c1)CC(O)C2. The van der Waals surface area contributed by atoms with Gasteiger partial charge in [0.05, 0.1) is 18.1 Å². The van der Waals surface area contributed by atoms with Crippen LogP contribution in [-0.2, 0) is 12.8 Å². The zero-order chi connectivity index (χ0) is 11.5. The van der Waals surface area contributed by atoms with Crippen LogP contribution in [0.5, 0.6) is 0 Å². The van der Waals surface area contributed by atoms with Gasteiger partial charge in [-0.05, 0) is 36.1 Å². The fraction of sp³-hybridized carbons (Fsp3) is 0.500. The molecule has 0 saturated heterocycles. The molecule has 0 heterocycles. The molecule has 88 valence electrons. The summed E-state index contributed by atoms with van der Waals surface area (Å²) in [6, 6.07) is 6.03. The standard InChI is InChI=1S/C12H16ClNO2/c13-6-12(16)7-14-10-2-1-8-4-11(15)5-9(8)3-10/h1-3,11-12,14-16H,4-7H2. The second kappa shape index (κ2) is 5.04. The molecule has 16 heavy (non-hydrogen) atoms. The third-order valence-electron chi connectivity index (χ3n) is 2.84. The maximum Gasteiger partial charge on any atom is 0.0847 e. The lowest BCUT2D eigenvalue weighted by atomic mass is 10.1. The zero-order valence-corrected chi connectivity index (χ0v) is 9.74. The highest BCUT2D eigenvalue weighted by atomic mass is 35.5. The fourth-order valence-electron chi connectivity index (χ4n) is 2.00. The minimum atomic E-state index is -0.527. The Morgan fingerprint density at radius 1 is 1.38 bits per heavy atom. The summed E-state index contributed by atoms with van der Waals surface area (Å²) < 4.78 is 0. The van der Waals surface area contributed by atoms with Gasteiger partial charge in [0.2, 0.25) is 0 Å². The normalized spacial score (nSPS) is 20.6. The molecule has 1 aliphatic carbocycles. The van der Waals surface area contributed by atoms with Gasteiger partial charge in [0.15, 0.2) is 0 Å². The highest BCUT2D eigenvalue weighted by Crippen LogP contribution is 2.25. The van der Waals surface area contributed by atoms with Crippen molar-refractivity contribution in [2.75, 3.05) is 17.7 Å². The largest absolute Gasteiger partial charge is 0.392 e. The summed E-state index contributed by atoms with van der Waals surface area (Å²) in [5.41, 5.74) is 3.38. The molecule has 3 N–H and O–H groups in total. The molecule has 1 aliphatic rings. The molecule has 2 unspecified atom stereocenters. The predicted octanol–water partition coefficient (Wildman–Crippen LogP) is 1.16. The minimum Gasteiger partial charge on any atom is -0.392 e. The van der Waals surface area contributed by atoms with Crippen LogP contribution in [0.2, 0.25) is 0 Å². The molecular formula is C12H16ClNO2. The van der Waals surface area contributed by atoms with Crippen molar-refractivity contribution in [2.24, 2.45) is 0 Å². The summed E-state index contributed by atoms with van der Waals surface area (Å²) >= 11 is 5.51. The Morgan fingerprint density at radius 3 is 2.88 bits per heavy atom. The molecule has 0 aliphatic heterocycles. The van der Waals surface area contributed by atoms with E-state index in [1.165, 1.54) is 11.1 Å². The first kappa shape index (κ1) is 11.7. The smallest absolute Gasteiger partial charge is 0.0847 e. The van der Waals surface area contributed by atoms with E-state index in [9.17, 15) is 10.2 Å². The van der Waals surface area contributed by atoms with Gasteiger partial charge >= 0.3 is 0 Å². The van der Waals surface area contributed by atoms with Crippen molar-refractivity contribution in [1.82, 2.24) is 0 Å². The number of aliphatic hydroxyl groups is 2. The second-order valence-electron chi connectivity index (χ2n) is 4.23. The molecule has 0 amide bonds. The summed E-state index contributed by atoms with van der Waals surface area (Å²) in [6.45, 7) is 0.449. The van der Waals surface area contributed by atoms with E-state index in [0.717, 1.165) is 18.5 Å². The van der Waals surface area contributed by atoms with E-state index in [4.69, 9.17) is 11.6 Å². The second-order valence-corrected chi connectivity index (χ2v) is 4.54. The van der Waals surface area contributed by atoms with Gasteiger partial charge in [-0.1, -0.05) is 6.07 Å². The number of rotatable bonds is 4. The van der Waals surface area contributed by atoms with Crippen LogP contribution in [-0.4, -0.2) is 34.8 Å². The Bertz CT molecular complexity index is 370. The van der Waals surface area contributed by atoms with Gasteiger partial charge in [-0.25, -0.2) is 0 Å². The number of alkyl halides is 1. The monoisotopic (exact) mass is 241 g/mol. The maximum atomic E-state index is 9.52. The molecule has 0 bridgehead atoms. The van der Waals surface area contributed by atoms with Crippen molar-refractivity contribution in [3.63, 3.8) is 0 Å². The third kappa shape index (κ3) is 2.67. The van der Waals surface area contributed by atoms with Crippen LogP contribution in [0.3, 0.4) is 0 Å². The Kier molecular flexibility index (Phi) is 3.69. The quantitative estimate of drug-likeness (QED) is 0.694. The minimum absolute atomic E-state index is 0.233. The molecule has 0 spiro atoms. The van der Waals surface area contributed by atoms with E-state index in [0.29, 0.717) is 6.54 Å². The van der Waals surface area contributed by atoms with Crippen LogP contribution in [0.25, 0.3) is 0 Å². The number of nitrogens with one attached hydrogen (secondary N) is 1. The molecule has 2 rings (SSSR count). The summed E-state index contributed by atoms with van der Waals surface area (Å²) in [5.74, 6) is 0.233. The highest BCUT2D eigenvalue weighted by molar-refractivity contribution is 6.18. The van der Waals surface area contributed by atoms with Crippen molar-refractivity contribution in [3.8, 4) is 0 Å². The molecule has 1 aromatic rings. The maximum absolute atomic E-state index is 9.52. The van der Waals surface area contributed by atoms with Crippen LogP contribution in [0.15, 0.2) is 18.2 Å². The zero-order valence-electron chi connectivity index (χ0n) is 8.99. The van der Waals surface area contributed by atoms with E-state index in [-0.39, 0.29) is 12.0 Å². The molecule has 3 nitrogen and oxygen atoms in total. The van der Waals surface area contributed by atoms with Gasteiger partial charge in [0, 0.05) is 12.2 Å². The predicted molar refractivity (Wildman–Crippen MR) is 65.1 cm³/mol. The summed E-state index contributed by atoms with van der Waals surface area (Å²) in [4.78, 5) is 0. The van der Waals surface area contributed by atoms with Gasteiger partial charge in [-0.3, -0.25) is 0 Å². The summed E-state index contributed by atoms with van der Waals surface area (Å²) in [6.07, 6.45) is 0.710. The number of aliphatic hydroxyl groups excluding tert-OH is 2. The first-order valence-electron chi connectivity index (χ1n) is 5.47. The average Bonchev–Trinajstić information content (AvgIpc) is 2.65. The van der Waals surface area contributed by atoms with E-state index < -0.39 is 6.10 Å². The fourth-order valence-corrected chi connectivity index (χ4v) is 2.10. The van der Waals surface area contributed by atoms with Crippen LogP contribution in [0.4, 0.5) is 5.69 Å². The van der Waals surface area contributed by atoms with Crippen LogP contribution < -0.4 is 5.32 Å². The Balaban J connectivity index is 2.00. The van der Waals surface area contributed by atoms with Gasteiger partial charge in [0.1, 0.15) is 0 Å². The molecule has 0 radical (unpaired) electrons. The lowest BCUT2D eigenvalue weighted by Crippen LogP contribution is -2.20. The number of anilines is 1. The Morgan fingerprint density at radius 2 is 2.12 bits per heavy atom. The highest BCUT2D eigenvalue weighted by Gasteiger charge is 2.19. The van der Waals surface area contributed by atoms with Crippen molar-refractivity contribution in [3.05, 3.63) is 29.3 Å². The number of hydrogen-bond donors (Lipinski definition) is 3. The van der Waals surface area contributed by atoms with E-state index in [1.54, 1.807) is 0 Å². The van der Waals surface area contributed by atoms with Crippen LogP contribution in [0, 0.1) is 0 Å². The lowest BCUT2D eigenvalue weighted by molar-refractivity contribution is 0.187. The van der Waals surface area contributed by atoms with Crippen molar-refractivity contribution >= 4 is 17.3 Å². The van der Waals surface area contributed by atoms with Gasteiger partial charge < -0.3 is 15.5 Å². The van der Waals surface area contributed by atoms with E-state index in [2.05, 4.69) is 5.32 Å². The summed E-state index contributed by atoms with van der Waals surface area (Å²) in [5, 5.41) is 22.0. The molecule has 1 aromatic carbocycles. The molecule has 0 aromatic heterocycles. The van der Waals surface area contributed by atoms with E-state index in [1.807, 2.05) is 18.2 Å². The first-order valence-corrected chi connectivity index (χ1v) is 6.00. The van der Waals surface area contributed by atoms with Crippen molar-refractivity contribution < 1.29 is 10.2 Å². The Hall–Kier alpha value is -0.770. The van der Waals surface area contributed by atoms with Gasteiger partial charge in [-0.2, -0.15) is 0 Å². The number of benzene rings is 1. The average molecular weight is 242 g/mol. The van der Waals surface area contributed by atoms with Gasteiger partial charge in [0.25, 0.3) is 0 Å². The first-order chi connectivity index (χ1) is 7.69. The molecule has 2 atom stereocenters. The topological polar surface area (TPSA) is 52.5 Å². The number of halogens is 1. The van der Waals surface area contributed by atoms with E-state index >= 15 is 0 Å². The molecular weight excluding hydrogens is 226 g/mol.